The maximum Gasteiger partial charge on any atom is 0.0541 e. The van der Waals surface area contributed by atoms with Crippen molar-refractivity contribution in [2.75, 3.05) is 21.3 Å². The fraction of sp³-hybridized carbons (Fsp3) is 0.0400. The Labute approximate surface area is 318 Å². The van der Waals surface area contributed by atoms with Crippen molar-refractivity contribution in [2.45, 2.75) is 13.8 Å². The lowest BCUT2D eigenvalue weighted by atomic mass is 9.96. The van der Waals surface area contributed by atoms with Crippen molar-refractivity contribution < 1.29 is 0 Å². The standard InChI is InChI=1S/C50H42N4/c1-35-13-9-11-19-45(35)47-33-39(51)25-31-49(47)53(41-15-5-3-6-16-41)43-27-21-37(22-28-43)38-23-29-44(30-24-38)54(42-17-7-4-8-18-42)50-32-26-40(52)34-48(50)46-20-12-10-14-36(46)2/h3-34H,51-52H2,1-2H3. The van der Waals surface area contributed by atoms with E-state index < -0.39 is 0 Å². The van der Waals surface area contributed by atoms with Gasteiger partial charge in [-0.15, -0.1) is 0 Å². The van der Waals surface area contributed by atoms with Crippen LogP contribution < -0.4 is 21.3 Å². The molecular weight excluding hydrogens is 657 g/mol. The first-order valence-corrected chi connectivity index (χ1v) is 18.3. The van der Waals surface area contributed by atoms with Gasteiger partial charge in [0.1, 0.15) is 0 Å². The summed E-state index contributed by atoms with van der Waals surface area (Å²) in [6.07, 6.45) is 0. The van der Waals surface area contributed by atoms with Crippen molar-refractivity contribution in [2.24, 2.45) is 0 Å². The molecule has 54 heavy (non-hydrogen) atoms. The SMILES string of the molecule is Cc1ccccc1-c1cc(N)ccc1N(c1ccccc1)c1ccc(-c2ccc(N(c3ccccc3)c3ccc(N)cc3-c3ccccc3C)cc2)cc1. The highest BCUT2D eigenvalue weighted by Crippen LogP contribution is 2.45. The number of aryl methyl sites for hydroxylation is 2. The van der Waals surface area contributed by atoms with Gasteiger partial charge in [0.05, 0.1) is 11.4 Å². The average molecular weight is 699 g/mol. The fourth-order valence-corrected chi connectivity index (χ4v) is 7.29. The van der Waals surface area contributed by atoms with Crippen molar-refractivity contribution >= 4 is 45.5 Å². The van der Waals surface area contributed by atoms with Crippen molar-refractivity contribution in [3.8, 4) is 33.4 Å². The monoisotopic (exact) mass is 698 g/mol. The molecule has 8 aromatic rings. The zero-order valence-electron chi connectivity index (χ0n) is 30.5. The Hall–Kier alpha value is -7.04. The van der Waals surface area contributed by atoms with Gasteiger partial charge in [-0.25, -0.2) is 0 Å². The molecule has 8 rings (SSSR count). The van der Waals surface area contributed by atoms with Crippen molar-refractivity contribution in [1.29, 1.82) is 0 Å². The number of para-hydroxylation sites is 2. The molecule has 0 amide bonds. The van der Waals surface area contributed by atoms with E-state index in [-0.39, 0.29) is 0 Å². The van der Waals surface area contributed by atoms with E-state index in [0.29, 0.717) is 0 Å². The van der Waals surface area contributed by atoms with Crippen molar-refractivity contribution in [3.05, 3.63) is 205 Å². The average Bonchev–Trinajstić information content (AvgIpc) is 3.21. The molecule has 4 N–H and O–H groups in total. The van der Waals surface area contributed by atoms with Crippen molar-refractivity contribution in [1.82, 2.24) is 0 Å². The molecule has 0 saturated carbocycles. The van der Waals surface area contributed by atoms with E-state index in [9.17, 15) is 0 Å². The summed E-state index contributed by atoms with van der Waals surface area (Å²) in [6, 6.07) is 68.0. The van der Waals surface area contributed by atoms with E-state index in [0.717, 1.165) is 78.9 Å². The van der Waals surface area contributed by atoms with Gasteiger partial charge in [0.15, 0.2) is 0 Å². The van der Waals surface area contributed by atoms with Crippen LogP contribution in [0.5, 0.6) is 0 Å². The van der Waals surface area contributed by atoms with Gasteiger partial charge in [0.2, 0.25) is 0 Å². The van der Waals surface area contributed by atoms with Crippen LogP contribution in [0.3, 0.4) is 0 Å². The smallest absolute Gasteiger partial charge is 0.0541 e. The molecule has 0 bridgehead atoms. The summed E-state index contributed by atoms with van der Waals surface area (Å²) in [5.41, 5.74) is 29.8. The van der Waals surface area contributed by atoms with Crippen LogP contribution in [0.25, 0.3) is 33.4 Å². The summed E-state index contributed by atoms with van der Waals surface area (Å²) < 4.78 is 0. The van der Waals surface area contributed by atoms with Gasteiger partial charge in [-0.05, 0) is 132 Å². The summed E-state index contributed by atoms with van der Waals surface area (Å²) >= 11 is 0. The summed E-state index contributed by atoms with van der Waals surface area (Å²) in [5.74, 6) is 0. The minimum atomic E-state index is 0.734. The molecule has 0 aliphatic rings. The highest BCUT2D eigenvalue weighted by molar-refractivity contribution is 5.92. The normalized spacial score (nSPS) is 10.9. The lowest BCUT2D eigenvalue weighted by molar-refractivity contribution is 1.28. The first kappa shape index (κ1) is 34.1. The molecule has 8 aromatic carbocycles. The highest BCUT2D eigenvalue weighted by atomic mass is 15.1. The molecule has 0 spiro atoms. The Kier molecular flexibility index (Phi) is 9.40. The largest absolute Gasteiger partial charge is 0.399 e. The first-order chi connectivity index (χ1) is 26.4. The highest BCUT2D eigenvalue weighted by Gasteiger charge is 2.20. The first-order valence-electron chi connectivity index (χ1n) is 18.3. The summed E-state index contributed by atoms with van der Waals surface area (Å²) in [5, 5.41) is 0. The fourth-order valence-electron chi connectivity index (χ4n) is 7.29. The zero-order chi connectivity index (χ0) is 37.0. The number of hydrogen-bond acceptors (Lipinski definition) is 4. The lowest BCUT2D eigenvalue weighted by Gasteiger charge is -2.29. The van der Waals surface area contributed by atoms with Crippen LogP contribution in [0.1, 0.15) is 11.1 Å². The van der Waals surface area contributed by atoms with Crippen LogP contribution >= 0.6 is 0 Å². The van der Waals surface area contributed by atoms with Crippen LogP contribution in [0.15, 0.2) is 194 Å². The van der Waals surface area contributed by atoms with Gasteiger partial charge in [0, 0.05) is 45.3 Å². The van der Waals surface area contributed by atoms with Gasteiger partial charge in [0.25, 0.3) is 0 Å². The van der Waals surface area contributed by atoms with E-state index in [4.69, 9.17) is 11.5 Å². The number of rotatable bonds is 9. The van der Waals surface area contributed by atoms with Crippen LogP contribution in [0.2, 0.25) is 0 Å². The second-order valence-electron chi connectivity index (χ2n) is 13.6. The molecule has 4 heteroatoms. The van der Waals surface area contributed by atoms with E-state index in [1.165, 1.54) is 11.1 Å². The summed E-state index contributed by atoms with van der Waals surface area (Å²) in [4.78, 5) is 4.62. The van der Waals surface area contributed by atoms with Gasteiger partial charge in [-0.1, -0.05) is 109 Å². The maximum absolute atomic E-state index is 6.39. The van der Waals surface area contributed by atoms with E-state index in [2.05, 4.69) is 206 Å². The number of hydrogen-bond donors (Lipinski definition) is 2. The molecule has 0 aromatic heterocycles. The summed E-state index contributed by atoms with van der Waals surface area (Å²) in [7, 11) is 0. The Morgan fingerprint density at radius 3 is 1.02 bits per heavy atom. The van der Waals surface area contributed by atoms with E-state index in [1.54, 1.807) is 0 Å². The Morgan fingerprint density at radius 2 is 0.648 bits per heavy atom. The van der Waals surface area contributed by atoms with Gasteiger partial charge >= 0.3 is 0 Å². The van der Waals surface area contributed by atoms with E-state index in [1.807, 2.05) is 12.1 Å². The predicted molar refractivity (Wildman–Crippen MR) is 230 cm³/mol. The van der Waals surface area contributed by atoms with Crippen LogP contribution in [-0.2, 0) is 0 Å². The second kappa shape index (κ2) is 14.9. The molecular formula is C50H42N4. The van der Waals surface area contributed by atoms with Crippen LogP contribution in [0, 0.1) is 13.8 Å². The Morgan fingerprint density at radius 1 is 0.315 bits per heavy atom. The van der Waals surface area contributed by atoms with Crippen molar-refractivity contribution in [3.63, 3.8) is 0 Å². The second-order valence-corrected chi connectivity index (χ2v) is 13.6. The third kappa shape index (κ3) is 6.81. The van der Waals surface area contributed by atoms with Crippen LogP contribution in [-0.4, -0.2) is 0 Å². The number of nitrogens with two attached hydrogens (primary N) is 2. The molecule has 0 saturated heterocycles. The summed E-state index contributed by atoms with van der Waals surface area (Å²) in [6.45, 7) is 4.29. The predicted octanol–water partition coefficient (Wildman–Crippen LogP) is 13.4. The molecule has 4 nitrogen and oxygen atoms in total. The van der Waals surface area contributed by atoms with Gasteiger partial charge in [-0.3, -0.25) is 0 Å². The van der Waals surface area contributed by atoms with Gasteiger partial charge in [-0.2, -0.15) is 0 Å². The molecule has 0 radical (unpaired) electrons. The molecule has 0 unspecified atom stereocenters. The minimum absolute atomic E-state index is 0.734. The third-order valence-electron chi connectivity index (χ3n) is 10.0. The topological polar surface area (TPSA) is 58.5 Å². The van der Waals surface area contributed by atoms with Crippen LogP contribution in [0.4, 0.5) is 45.5 Å². The molecule has 0 fully saturated rings. The Balaban J connectivity index is 1.17. The zero-order valence-corrected chi connectivity index (χ0v) is 30.5. The van der Waals surface area contributed by atoms with E-state index >= 15 is 0 Å². The molecule has 262 valence electrons. The number of nitrogen functional groups attached to an aromatic ring is 2. The maximum atomic E-state index is 6.39. The Bertz CT molecular complexity index is 2350. The number of benzene rings is 8. The number of nitrogens with zero attached hydrogens (tertiary/aromatic N) is 2. The molecule has 0 aliphatic carbocycles. The third-order valence-corrected chi connectivity index (χ3v) is 10.0. The lowest BCUT2D eigenvalue weighted by Crippen LogP contribution is -2.12. The quantitative estimate of drug-likeness (QED) is 0.147. The molecule has 0 heterocycles. The molecule has 0 atom stereocenters. The number of anilines is 8. The van der Waals surface area contributed by atoms with Gasteiger partial charge < -0.3 is 21.3 Å². The minimum Gasteiger partial charge on any atom is -0.399 e. The molecule has 0 aliphatic heterocycles.